The molecule has 1 aromatic carbocycles. The lowest BCUT2D eigenvalue weighted by atomic mass is 9.96. The lowest BCUT2D eigenvalue weighted by molar-refractivity contribution is -0.125. The maximum Gasteiger partial charge on any atom is 0.243 e. The van der Waals surface area contributed by atoms with Crippen LogP contribution in [-0.2, 0) is 4.79 Å². The zero-order valence-electron chi connectivity index (χ0n) is 10.9. The first-order chi connectivity index (χ1) is 8.53. The molecule has 1 aliphatic heterocycles. The van der Waals surface area contributed by atoms with Gasteiger partial charge < -0.3 is 15.3 Å². The normalized spacial score (nSPS) is 22.7. The summed E-state index contributed by atoms with van der Waals surface area (Å²) in [4.78, 5) is 14.2. The highest BCUT2D eigenvalue weighted by atomic mass is 16.3. The van der Waals surface area contributed by atoms with Crippen LogP contribution in [0.25, 0.3) is 0 Å². The van der Waals surface area contributed by atoms with Gasteiger partial charge in [0.2, 0.25) is 5.91 Å². The molecule has 2 N–H and O–H groups in total. The monoisotopic (exact) mass is 248 g/mol. The molecule has 1 aromatic rings. The molecule has 1 atom stereocenters. The van der Waals surface area contributed by atoms with E-state index in [1.807, 2.05) is 44.2 Å². The summed E-state index contributed by atoms with van der Waals surface area (Å²) in [6.07, 6.45) is 0.455. The van der Waals surface area contributed by atoms with Gasteiger partial charge in [-0.15, -0.1) is 0 Å². The molecule has 4 heteroatoms. The molecule has 1 aliphatic rings. The molecule has 1 unspecified atom stereocenters. The van der Waals surface area contributed by atoms with E-state index >= 15 is 0 Å². The highest BCUT2D eigenvalue weighted by Crippen LogP contribution is 2.25. The Morgan fingerprint density at radius 3 is 2.67 bits per heavy atom. The number of aliphatic hydroxyl groups excluding tert-OH is 1. The van der Waals surface area contributed by atoms with Crippen molar-refractivity contribution in [1.29, 1.82) is 0 Å². The quantitative estimate of drug-likeness (QED) is 0.844. The second-order valence-corrected chi connectivity index (χ2v) is 5.36. The first-order valence-electron chi connectivity index (χ1n) is 6.28. The molecule has 98 valence electrons. The fourth-order valence-corrected chi connectivity index (χ4v) is 2.43. The van der Waals surface area contributed by atoms with Crippen LogP contribution in [0.4, 0.5) is 5.69 Å². The maximum atomic E-state index is 12.1. The Labute approximate surface area is 108 Å². The van der Waals surface area contributed by atoms with Gasteiger partial charge in [0.1, 0.15) is 6.04 Å². The van der Waals surface area contributed by atoms with Gasteiger partial charge in [0.05, 0.1) is 5.54 Å². The molecular formula is C14H20N2O2. The summed E-state index contributed by atoms with van der Waals surface area (Å²) in [7, 11) is 0. The minimum atomic E-state index is -0.287. The highest BCUT2D eigenvalue weighted by Gasteiger charge is 2.37. The summed E-state index contributed by atoms with van der Waals surface area (Å²) in [5.41, 5.74) is 0.776. The second-order valence-electron chi connectivity index (χ2n) is 5.36. The van der Waals surface area contributed by atoms with Crippen LogP contribution >= 0.6 is 0 Å². The molecule has 1 heterocycles. The van der Waals surface area contributed by atoms with Crippen LogP contribution < -0.4 is 10.2 Å². The fourth-order valence-electron chi connectivity index (χ4n) is 2.43. The number of hydrogen-bond donors (Lipinski definition) is 2. The van der Waals surface area contributed by atoms with Crippen LogP contribution in [0.3, 0.4) is 0 Å². The molecule has 0 aliphatic carbocycles. The van der Waals surface area contributed by atoms with Crippen molar-refractivity contribution in [2.45, 2.75) is 31.8 Å². The molecule has 0 aromatic heterocycles. The van der Waals surface area contributed by atoms with Gasteiger partial charge in [0.15, 0.2) is 0 Å². The van der Waals surface area contributed by atoms with Crippen LogP contribution in [-0.4, -0.2) is 35.7 Å². The number of carbonyl (C=O) groups excluding carboxylic acids is 1. The van der Waals surface area contributed by atoms with E-state index in [9.17, 15) is 4.79 Å². The number of piperazine rings is 1. The number of hydrogen-bond acceptors (Lipinski definition) is 3. The Morgan fingerprint density at radius 1 is 1.39 bits per heavy atom. The fraction of sp³-hybridized carbons (Fsp3) is 0.500. The van der Waals surface area contributed by atoms with E-state index in [0.29, 0.717) is 6.42 Å². The topological polar surface area (TPSA) is 52.6 Å². The average molecular weight is 248 g/mol. The molecule has 0 spiro atoms. The molecule has 1 saturated heterocycles. The number of amides is 1. The van der Waals surface area contributed by atoms with E-state index in [0.717, 1.165) is 12.2 Å². The molecule has 18 heavy (non-hydrogen) atoms. The van der Waals surface area contributed by atoms with Crippen molar-refractivity contribution in [2.24, 2.45) is 0 Å². The van der Waals surface area contributed by atoms with E-state index in [4.69, 9.17) is 5.11 Å². The first-order valence-corrected chi connectivity index (χ1v) is 6.28. The Hall–Kier alpha value is -1.55. The molecular weight excluding hydrogens is 228 g/mol. The minimum absolute atomic E-state index is 0.0100. The van der Waals surface area contributed by atoms with Crippen LogP contribution in [0.15, 0.2) is 30.3 Å². The van der Waals surface area contributed by atoms with Crippen molar-refractivity contribution in [3.05, 3.63) is 30.3 Å². The largest absolute Gasteiger partial charge is 0.396 e. The standard InChI is InChI=1S/C14H20N2O2/c1-14(2)10-16(11-6-4-3-5-7-11)12(8-9-17)13(18)15-14/h3-7,12,17H,8-10H2,1-2H3,(H,15,18). The summed E-state index contributed by atoms with van der Waals surface area (Å²) in [5, 5.41) is 12.1. The van der Waals surface area contributed by atoms with Crippen molar-refractivity contribution in [1.82, 2.24) is 5.32 Å². The molecule has 0 saturated carbocycles. The highest BCUT2D eigenvalue weighted by molar-refractivity contribution is 5.87. The average Bonchev–Trinajstić information content (AvgIpc) is 2.33. The lowest BCUT2D eigenvalue weighted by Crippen LogP contribution is -2.65. The minimum Gasteiger partial charge on any atom is -0.396 e. The Bertz CT molecular complexity index is 417. The second kappa shape index (κ2) is 4.98. The van der Waals surface area contributed by atoms with Gasteiger partial charge >= 0.3 is 0 Å². The van der Waals surface area contributed by atoms with Crippen LogP contribution in [0.1, 0.15) is 20.3 Å². The maximum absolute atomic E-state index is 12.1. The number of rotatable bonds is 3. The van der Waals surface area contributed by atoms with Gasteiger partial charge in [-0.25, -0.2) is 0 Å². The molecule has 1 amide bonds. The van der Waals surface area contributed by atoms with E-state index in [2.05, 4.69) is 10.2 Å². The lowest BCUT2D eigenvalue weighted by Gasteiger charge is -2.44. The van der Waals surface area contributed by atoms with Gasteiger partial charge in [-0.1, -0.05) is 18.2 Å². The number of carbonyl (C=O) groups is 1. The van der Waals surface area contributed by atoms with E-state index in [-0.39, 0.29) is 24.1 Å². The van der Waals surface area contributed by atoms with Gasteiger partial charge in [0, 0.05) is 18.8 Å². The number of aliphatic hydroxyl groups is 1. The van der Waals surface area contributed by atoms with Gasteiger partial charge in [-0.05, 0) is 32.4 Å². The summed E-state index contributed by atoms with van der Waals surface area (Å²) < 4.78 is 0. The third kappa shape index (κ3) is 2.64. The zero-order valence-corrected chi connectivity index (χ0v) is 10.9. The molecule has 0 bridgehead atoms. The van der Waals surface area contributed by atoms with E-state index in [1.54, 1.807) is 0 Å². The van der Waals surface area contributed by atoms with E-state index in [1.165, 1.54) is 0 Å². The number of nitrogens with one attached hydrogen (secondary N) is 1. The van der Waals surface area contributed by atoms with Gasteiger partial charge in [-0.3, -0.25) is 4.79 Å². The van der Waals surface area contributed by atoms with Crippen molar-refractivity contribution >= 4 is 11.6 Å². The smallest absolute Gasteiger partial charge is 0.243 e. The first kappa shape index (κ1) is 12.9. The van der Waals surface area contributed by atoms with Gasteiger partial charge in [0.25, 0.3) is 0 Å². The molecule has 1 fully saturated rings. The van der Waals surface area contributed by atoms with Crippen molar-refractivity contribution in [3.8, 4) is 0 Å². The predicted octanol–water partition coefficient (Wildman–Crippen LogP) is 1.15. The Balaban J connectivity index is 2.30. The van der Waals surface area contributed by atoms with Crippen LogP contribution in [0.2, 0.25) is 0 Å². The Morgan fingerprint density at radius 2 is 2.06 bits per heavy atom. The Kier molecular flexibility index (Phi) is 3.57. The molecule has 0 radical (unpaired) electrons. The van der Waals surface area contributed by atoms with Crippen molar-refractivity contribution in [2.75, 3.05) is 18.1 Å². The summed E-state index contributed by atoms with van der Waals surface area (Å²) in [6, 6.07) is 9.60. The SMILES string of the molecule is CC1(C)CN(c2ccccc2)C(CCO)C(=O)N1. The summed E-state index contributed by atoms with van der Waals surface area (Å²) in [6.45, 7) is 4.78. The predicted molar refractivity (Wildman–Crippen MR) is 71.5 cm³/mol. The molecule has 2 rings (SSSR count). The zero-order chi connectivity index (χ0) is 13.2. The van der Waals surface area contributed by atoms with E-state index < -0.39 is 0 Å². The number of anilines is 1. The van der Waals surface area contributed by atoms with Crippen LogP contribution in [0.5, 0.6) is 0 Å². The number of nitrogens with zero attached hydrogens (tertiary/aromatic N) is 1. The van der Waals surface area contributed by atoms with Crippen molar-refractivity contribution in [3.63, 3.8) is 0 Å². The summed E-state index contributed by atoms with van der Waals surface area (Å²) >= 11 is 0. The van der Waals surface area contributed by atoms with Crippen LogP contribution in [0, 0.1) is 0 Å². The third-order valence-corrected chi connectivity index (χ3v) is 3.20. The van der Waals surface area contributed by atoms with Gasteiger partial charge in [-0.2, -0.15) is 0 Å². The molecule has 4 nitrogen and oxygen atoms in total. The van der Waals surface area contributed by atoms with Crippen molar-refractivity contribution < 1.29 is 9.90 Å². The summed E-state index contributed by atoms with van der Waals surface area (Å²) in [5.74, 6) is -0.0100. The third-order valence-electron chi connectivity index (χ3n) is 3.20. The number of para-hydroxylation sites is 1. The number of benzene rings is 1.